The van der Waals surface area contributed by atoms with E-state index in [1.165, 1.54) is 0 Å². The van der Waals surface area contributed by atoms with Crippen LogP contribution >= 0.6 is 0 Å². The van der Waals surface area contributed by atoms with E-state index in [-0.39, 0.29) is 29.5 Å². The van der Waals surface area contributed by atoms with Gasteiger partial charge >= 0.3 is 6.09 Å². The highest BCUT2D eigenvalue weighted by Gasteiger charge is 2.32. The molecule has 1 N–H and O–H groups in total. The topological polar surface area (TPSA) is 136 Å². The Morgan fingerprint density at radius 2 is 1.72 bits per heavy atom. The molecular formula is C25H33N3O7S. The first kappa shape index (κ1) is 25.8. The van der Waals surface area contributed by atoms with Gasteiger partial charge in [0.05, 0.1) is 25.1 Å². The van der Waals surface area contributed by atoms with E-state index >= 15 is 0 Å². The van der Waals surface area contributed by atoms with Crippen LogP contribution in [0.4, 0.5) is 10.5 Å². The summed E-state index contributed by atoms with van der Waals surface area (Å²) in [6, 6.07) is 9.96. The number of non-ortho nitro benzene ring substituents is 1. The van der Waals surface area contributed by atoms with Crippen LogP contribution in [-0.2, 0) is 26.0 Å². The van der Waals surface area contributed by atoms with Crippen molar-refractivity contribution in [1.29, 1.82) is 0 Å². The first-order valence-corrected chi connectivity index (χ1v) is 12.7. The number of ether oxygens (including phenoxy) is 1. The molecule has 0 heterocycles. The molecule has 1 amide bonds. The number of sulfonamides is 1. The van der Waals surface area contributed by atoms with Gasteiger partial charge in [-0.15, -0.1) is 0 Å². The number of benzene rings is 2. The lowest BCUT2D eigenvalue weighted by Crippen LogP contribution is -2.49. The Labute approximate surface area is 214 Å². The number of amides is 1. The van der Waals surface area contributed by atoms with E-state index in [1.54, 1.807) is 65.0 Å². The molecule has 0 fully saturated rings. The van der Waals surface area contributed by atoms with Gasteiger partial charge in [0.15, 0.2) is 5.78 Å². The second kappa shape index (κ2) is 12.1. The van der Waals surface area contributed by atoms with Gasteiger partial charge in [0.2, 0.25) is 10.0 Å². The smallest absolute Gasteiger partial charge is 0.408 e. The first-order valence-electron chi connectivity index (χ1n) is 12.3. The van der Waals surface area contributed by atoms with Gasteiger partial charge in [-0.3, -0.25) is 14.9 Å². The van der Waals surface area contributed by atoms with Crippen molar-refractivity contribution in [3.8, 4) is 0 Å². The molecule has 2 aromatic rings. The molecule has 0 aliphatic heterocycles. The van der Waals surface area contributed by atoms with Crippen molar-refractivity contribution in [2.45, 2.75) is 57.6 Å². The molecule has 0 spiro atoms. The van der Waals surface area contributed by atoms with E-state index < -0.39 is 45.0 Å². The number of rotatable bonds is 11. The number of nitro groups is 1. The van der Waals surface area contributed by atoms with E-state index in [1.807, 2.05) is 0 Å². The van der Waals surface area contributed by atoms with Crippen molar-refractivity contribution in [3.63, 3.8) is 0 Å². The van der Waals surface area contributed by atoms with Gasteiger partial charge in [0, 0.05) is 18.7 Å². The van der Waals surface area contributed by atoms with Gasteiger partial charge in [-0.2, -0.15) is 4.31 Å². The highest BCUT2D eigenvalue weighted by Crippen LogP contribution is 2.21. The van der Waals surface area contributed by atoms with Crippen LogP contribution in [-0.4, -0.2) is 54.2 Å². The molecule has 196 valence electrons. The quantitative estimate of drug-likeness (QED) is 0.349. The normalized spacial score (nSPS) is 15.4. The molecule has 0 aliphatic rings. The van der Waals surface area contributed by atoms with Crippen LogP contribution in [0.3, 0.4) is 0 Å². The van der Waals surface area contributed by atoms with Crippen LogP contribution in [0.25, 0.3) is 0 Å². The van der Waals surface area contributed by atoms with E-state index in [0.717, 1.165) is 24.3 Å². The lowest BCUT2D eigenvalue weighted by atomic mass is 10.0. The zero-order chi connectivity index (χ0) is 28.9. The molecule has 10 nitrogen and oxygen atoms in total. The molecule has 0 saturated carbocycles. The predicted octanol–water partition coefficient (Wildman–Crippen LogP) is 3.95. The summed E-state index contributed by atoms with van der Waals surface area (Å²) in [5, 5.41) is 13.2. The molecule has 0 bridgehead atoms. The third-order valence-corrected chi connectivity index (χ3v) is 6.37. The van der Waals surface area contributed by atoms with Crippen molar-refractivity contribution in [3.05, 3.63) is 70.3 Å². The van der Waals surface area contributed by atoms with E-state index in [9.17, 15) is 28.1 Å². The summed E-state index contributed by atoms with van der Waals surface area (Å²) in [5.74, 6) is -1.52. The highest BCUT2D eigenvalue weighted by molar-refractivity contribution is 7.89. The Balaban J connectivity index is 2.51. The SMILES string of the molecule is [2H]C(C(=O)[C@]([2H])(Cc1ccccc1)NC(=O)OC(C)(C)C)N(CC(C)C)S(=O)(=O)c1ccc([N+](=O)[O-])cc1. The average Bonchev–Trinajstić information content (AvgIpc) is 2.80. The van der Waals surface area contributed by atoms with Gasteiger partial charge in [-0.05, 0) is 50.8 Å². The minimum Gasteiger partial charge on any atom is -0.444 e. The summed E-state index contributed by atoms with van der Waals surface area (Å²) in [6.45, 7) is 5.81. The summed E-state index contributed by atoms with van der Waals surface area (Å²) in [6.07, 6.45) is -1.42. The molecule has 2 rings (SSSR count). The lowest BCUT2D eigenvalue weighted by Gasteiger charge is -2.27. The first-order chi connectivity index (χ1) is 17.5. The molecular weight excluding hydrogens is 486 g/mol. The van der Waals surface area contributed by atoms with Crippen LogP contribution in [0.5, 0.6) is 0 Å². The van der Waals surface area contributed by atoms with Gasteiger partial charge in [0.1, 0.15) is 5.60 Å². The summed E-state index contributed by atoms with van der Waals surface area (Å²) < 4.78 is 50.4. The Bertz CT molecular complexity index is 1250. The fraction of sp³-hybridized carbons (Fsp3) is 0.440. The molecule has 36 heavy (non-hydrogen) atoms. The number of hydrogen-bond donors (Lipinski definition) is 1. The number of carbonyl (C=O) groups is 2. The van der Waals surface area contributed by atoms with Crippen molar-refractivity contribution in [2.75, 3.05) is 13.1 Å². The second-order valence-corrected chi connectivity index (χ2v) is 11.4. The van der Waals surface area contributed by atoms with Gasteiger partial charge < -0.3 is 10.1 Å². The third-order valence-electron chi connectivity index (χ3n) is 4.63. The number of hydrogen-bond acceptors (Lipinski definition) is 7. The summed E-state index contributed by atoms with van der Waals surface area (Å²) in [5.41, 5.74) is -0.774. The van der Waals surface area contributed by atoms with Crippen molar-refractivity contribution in [2.24, 2.45) is 5.92 Å². The van der Waals surface area contributed by atoms with Crippen molar-refractivity contribution < 1.29 is 30.4 Å². The minimum absolute atomic E-state index is 0.257. The molecule has 11 heteroatoms. The monoisotopic (exact) mass is 521 g/mol. The number of nitrogens with one attached hydrogen (secondary N) is 1. The summed E-state index contributed by atoms with van der Waals surface area (Å²) in [7, 11) is -4.50. The molecule has 0 aromatic heterocycles. The largest absolute Gasteiger partial charge is 0.444 e. The molecule has 0 aliphatic carbocycles. The zero-order valence-corrected chi connectivity index (χ0v) is 21.7. The van der Waals surface area contributed by atoms with Gasteiger partial charge in [0.25, 0.3) is 5.69 Å². The van der Waals surface area contributed by atoms with Crippen LogP contribution in [0.1, 0.15) is 42.9 Å². The van der Waals surface area contributed by atoms with Crippen molar-refractivity contribution >= 4 is 27.6 Å². The molecule has 1 unspecified atom stereocenters. The Morgan fingerprint density at radius 1 is 1.14 bits per heavy atom. The second-order valence-electron chi connectivity index (χ2n) is 9.48. The number of alkyl carbamates (subject to hydrolysis) is 1. The number of ketones is 1. The number of Topliss-reactive ketones (excluding diaryl/α,β-unsaturated/α-hetero) is 1. The van der Waals surface area contributed by atoms with Crippen LogP contribution < -0.4 is 5.32 Å². The fourth-order valence-electron chi connectivity index (χ4n) is 3.08. The summed E-state index contributed by atoms with van der Waals surface area (Å²) >= 11 is 0. The maximum Gasteiger partial charge on any atom is 0.408 e. The van der Waals surface area contributed by atoms with E-state index in [4.69, 9.17) is 7.48 Å². The molecule has 0 radical (unpaired) electrons. The van der Waals surface area contributed by atoms with E-state index in [0.29, 0.717) is 9.87 Å². The highest BCUT2D eigenvalue weighted by atomic mass is 32.2. The Hall–Kier alpha value is -3.31. The van der Waals surface area contributed by atoms with Crippen molar-refractivity contribution in [1.82, 2.24) is 9.62 Å². The van der Waals surface area contributed by atoms with Crippen LogP contribution in [0, 0.1) is 16.0 Å². The number of nitrogens with zero attached hydrogens (tertiary/aromatic N) is 2. The number of nitro benzene ring substituents is 1. The van der Waals surface area contributed by atoms with Crippen LogP contribution in [0.2, 0.25) is 0 Å². The third kappa shape index (κ3) is 8.72. The zero-order valence-electron chi connectivity index (χ0n) is 22.9. The number of carbonyl (C=O) groups excluding carboxylic acids is 2. The minimum atomic E-state index is -4.50. The summed E-state index contributed by atoms with van der Waals surface area (Å²) in [4.78, 5) is 36.2. The maximum atomic E-state index is 13.7. The van der Waals surface area contributed by atoms with Crippen LogP contribution in [0.15, 0.2) is 59.5 Å². The Morgan fingerprint density at radius 3 is 2.22 bits per heavy atom. The fourth-order valence-corrected chi connectivity index (χ4v) is 4.56. The average molecular weight is 522 g/mol. The van der Waals surface area contributed by atoms with E-state index in [2.05, 4.69) is 5.32 Å². The van der Waals surface area contributed by atoms with Gasteiger partial charge in [-0.1, -0.05) is 44.2 Å². The lowest BCUT2D eigenvalue weighted by molar-refractivity contribution is -0.384. The molecule has 0 saturated heterocycles. The molecule has 2 aromatic carbocycles. The predicted molar refractivity (Wildman–Crippen MR) is 135 cm³/mol. The molecule has 2 atom stereocenters. The maximum absolute atomic E-state index is 13.7. The Kier molecular flexibility index (Phi) is 8.65. The van der Waals surface area contributed by atoms with Gasteiger partial charge in [-0.25, -0.2) is 13.2 Å². The standard InChI is InChI=1S/C25H33N3O7S/c1-18(2)16-27(36(33,34)21-13-11-20(12-14-21)28(31)32)17-23(29)22(15-19-9-7-6-8-10-19)26-24(30)35-25(3,4)5/h6-14,18,22H,15-17H2,1-5H3,(H,26,30)/t22-/m0/s1/i17D,22D/t17?,22-.